The fraction of sp³-hybridized carbons (Fsp3) is 0.188. The summed E-state index contributed by atoms with van der Waals surface area (Å²) in [5, 5.41) is 0.487. The van der Waals surface area contributed by atoms with Crippen molar-refractivity contribution in [2.75, 3.05) is 25.9 Å². The molecule has 4 nitrogen and oxygen atoms in total. The molecule has 0 atom stereocenters. The van der Waals surface area contributed by atoms with E-state index in [0.717, 1.165) is 5.75 Å². The van der Waals surface area contributed by atoms with Gasteiger partial charge >= 0.3 is 0 Å². The van der Waals surface area contributed by atoms with E-state index in [9.17, 15) is 4.79 Å². The first-order valence-corrected chi connectivity index (χ1v) is 6.94. The summed E-state index contributed by atoms with van der Waals surface area (Å²) in [7, 11) is 1.71. The number of benzene rings is 2. The van der Waals surface area contributed by atoms with Crippen LogP contribution in [0.2, 0.25) is 5.02 Å². The molecule has 0 heterocycles. The molecule has 0 radical (unpaired) electrons. The maximum Gasteiger partial charge on any atom is 0.255 e. The minimum atomic E-state index is -0.174. The number of likely N-dealkylation sites (N-methyl/N-ethyl adjacent to an activating group) is 1. The number of amides is 1. The van der Waals surface area contributed by atoms with E-state index in [-0.39, 0.29) is 5.91 Å². The first-order valence-electron chi connectivity index (χ1n) is 6.56. The molecular formula is C16H17ClN2O2. The van der Waals surface area contributed by atoms with E-state index in [0.29, 0.717) is 29.4 Å². The highest BCUT2D eigenvalue weighted by Gasteiger charge is 2.15. The maximum absolute atomic E-state index is 12.3. The monoisotopic (exact) mass is 304 g/mol. The summed E-state index contributed by atoms with van der Waals surface area (Å²) in [6.45, 7) is 0.867. The zero-order chi connectivity index (χ0) is 15.2. The predicted molar refractivity (Wildman–Crippen MR) is 84.8 cm³/mol. The predicted octanol–water partition coefficient (Wildman–Crippen LogP) is 3.07. The second-order valence-corrected chi connectivity index (χ2v) is 5.06. The van der Waals surface area contributed by atoms with E-state index in [1.807, 2.05) is 30.3 Å². The third kappa shape index (κ3) is 4.13. The van der Waals surface area contributed by atoms with Gasteiger partial charge in [-0.2, -0.15) is 0 Å². The Morgan fingerprint density at radius 2 is 1.95 bits per heavy atom. The lowest BCUT2D eigenvalue weighted by Gasteiger charge is -2.18. The molecule has 0 unspecified atom stereocenters. The number of anilines is 1. The van der Waals surface area contributed by atoms with Gasteiger partial charge < -0.3 is 15.4 Å². The van der Waals surface area contributed by atoms with Gasteiger partial charge in [0, 0.05) is 17.8 Å². The Morgan fingerprint density at radius 1 is 1.24 bits per heavy atom. The normalized spacial score (nSPS) is 10.2. The van der Waals surface area contributed by atoms with E-state index < -0.39 is 0 Å². The van der Waals surface area contributed by atoms with Crippen molar-refractivity contribution >= 4 is 23.2 Å². The second-order valence-electron chi connectivity index (χ2n) is 4.62. The molecule has 0 fully saturated rings. The van der Waals surface area contributed by atoms with Gasteiger partial charge in [0.2, 0.25) is 0 Å². The standard InChI is InChI=1S/C16H17ClN2O2/c1-19(9-10-21-13-5-3-2-4-6-13)16(20)14-11-12(17)7-8-15(14)18/h2-8,11H,9-10,18H2,1H3. The van der Waals surface area contributed by atoms with Crippen molar-refractivity contribution < 1.29 is 9.53 Å². The van der Waals surface area contributed by atoms with E-state index in [4.69, 9.17) is 22.1 Å². The summed E-state index contributed by atoms with van der Waals surface area (Å²) in [6.07, 6.45) is 0. The van der Waals surface area contributed by atoms with Gasteiger partial charge in [-0.05, 0) is 30.3 Å². The van der Waals surface area contributed by atoms with Gasteiger partial charge in [-0.15, -0.1) is 0 Å². The number of rotatable bonds is 5. The number of nitrogens with zero attached hydrogens (tertiary/aromatic N) is 1. The number of carbonyl (C=O) groups excluding carboxylic acids is 1. The van der Waals surface area contributed by atoms with Gasteiger partial charge in [0.15, 0.2) is 0 Å². The van der Waals surface area contributed by atoms with Gasteiger partial charge in [-0.25, -0.2) is 0 Å². The molecule has 2 aromatic rings. The van der Waals surface area contributed by atoms with Crippen LogP contribution >= 0.6 is 11.6 Å². The first-order chi connectivity index (χ1) is 10.1. The Bertz CT molecular complexity index is 617. The lowest BCUT2D eigenvalue weighted by molar-refractivity contribution is 0.0775. The highest BCUT2D eigenvalue weighted by atomic mass is 35.5. The molecule has 0 aliphatic carbocycles. The molecule has 0 bridgehead atoms. The number of hydrogen-bond acceptors (Lipinski definition) is 3. The molecule has 0 saturated carbocycles. The summed E-state index contributed by atoms with van der Waals surface area (Å²) in [5.41, 5.74) is 6.63. The van der Waals surface area contributed by atoms with Crippen LogP contribution in [0.3, 0.4) is 0 Å². The Morgan fingerprint density at radius 3 is 2.67 bits per heavy atom. The molecule has 21 heavy (non-hydrogen) atoms. The number of nitrogens with two attached hydrogens (primary N) is 1. The number of carbonyl (C=O) groups is 1. The van der Waals surface area contributed by atoms with Gasteiger partial charge in [0.05, 0.1) is 12.1 Å². The molecule has 0 aliphatic rings. The van der Waals surface area contributed by atoms with Crippen LogP contribution in [0.4, 0.5) is 5.69 Å². The van der Waals surface area contributed by atoms with Crippen LogP contribution in [0.15, 0.2) is 48.5 Å². The van der Waals surface area contributed by atoms with Crippen LogP contribution in [0.1, 0.15) is 10.4 Å². The van der Waals surface area contributed by atoms with Gasteiger partial charge in [-0.1, -0.05) is 29.8 Å². The Labute approximate surface area is 129 Å². The molecular weight excluding hydrogens is 288 g/mol. The average molecular weight is 305 g/mol. The second kappa shape index (κ2) is 6.99. The number of nitrogen functional groups attached to an aromatic ring is 1. The summed E-state index contributed by atoms with van der Waals surface area (Å²) >= 11 is 5.90. The topological polar surface area (TPSA) is 55.6 Å². The Kier molecular flexibility index (Phi) is 5.06. The molecule has 0 spiro atoms. The molecule has 0 aliphatic heterocycles. The number of para-hydroxylation sites is 1. The van der Waals surface area contributed by atoms with Crippen molar-refractivity contribution in [3.63, 3.8) is 0 Å². The number of hydrogen-bond donors (Lipinski definition) is 1. The molecule has 110 valence electrons. The van der Waals surface area contributed by atoms with E-state index in [2.05, 4.69) is 0 Å². The van der Waals surface area contributed by atoms with Crippen LogP contribution in [-0.2, 0) is 0 Å². The Hall–Kier alpha value is -2.20. The number of ether oxygens (including phenoxy) is 1. The summed E-state index contributed by atoms with van der Waals surface area (Å²) in [4.78, 5) is 13.9. The van der Waals surface area contributed by atoms with Crippen molar-refractivity contribution in [2.45, 2.75) is 0 Å². The average Bonchev–Trinajstić information content (AvgIpc) is 2.50. The molecule has 2 N–H and O–H groups in total. The van der Waals surface area contributed by atoms with Crippen LogP contribution in [0.5, 0.6) is 5.75 Å². The SMILES string of the molecule is CN(CCOc1ccccc1)C(=O)c1cc(Cl)ccc1N. The van der Waals surface area contributed by atoms with Gasteiger partial charge in [0.25, 0.3) is 5.91 Å². The van der Waals surface area contributed by atoms with Gasteiger partial charge in [0.1, 0.15) is 12.4 Å². The smallest absolute Gasteiger partial charge is 0.255 e. The molecule has 0 saturated heterocycles. The molecule has 2 aromatic carbocycles. The van der Waals surface area contributed by atoms with Crippen LogP contribution in [0, 0.1) is 0 Å². The van der Waals surface area contributed by atoms with Crippen LogP contribution in [-0.4, -0.2) is 31.0 Å². The summed E-state index contributed by atoms with van der Waals surface area (Å²) in [6, 6.07) is 14.3. The maximum atomic E-state index is 12.3. The fourth-order valence-corrected chi connectivity index (χ4v) is 2.01. The van der Waals surface area contributed by atoms with Crippen molar-refractivity contribution in [3.8, 4) is 5.75 Å². The third-order valence-corrected chi connectivity index (χ3v) is 3.27. The van der Waals surface area contributed by atoms with Crippen LogP contribution < -0.4 is 10.5 Å². The third-order valence-electron chi connectivity index (χ3n) is 3.03. The van der Waals surface area contributed by atoms with Crippen molar-refractivity contribution in [1.29, 1.82) is 0 Å². The van der Waals surface area contributed by atoms with Gasteiger partial charge in [-0.3, -0.25) is 4.79 Å². The zero-order valence-electron chi connectivity index (χ0n) is 11.8. The molecule has 1 amide bonds. The highest BCUT2D eigenvalue weighted by Crippen LogP contribution is 2.19. The minimum absolute atomic E-state index is 0.174. The molecule has 0 aromatic heterocycles. The lowest BCUT2D eigenvalue weighted by atomic mass is 10.1. The zero-order valence-corrected chi connectivity index (χ0v) is 12.5. The van der Waals surface area contributed by atoms with E-state index in [1.54, 1.807) is 30.1 Å². The Balaban J connectivity index is 1.92. The molecule has 5 heteroatoms. The largest absolute Gasteiger partial charge is 0.492 e. The fourth-order valence-electron chi connectivity index (χ4n) is 1.84. The van der Waals surface area contributed by atoms with E-state index in [1.165, 1.54) is 0 Å². The summed E-state index contributed by atoms with van der Waals surface area (Å²) < 4.78 is 5.57. The minimum Gasteiger partial charge on any atom is -0.492 e. The molecule has 2 rings (SSSR count). The van der Waals surface area contributed by atoms with E-state index >= 15 is 0 Å². The first kappa shape index (κ1) is 15.2. The highest BCUT2D eigenvalue weighted by molar-refractivity contribution is 6.31. The lowest BCUT2D eigenvalue weighted by Crippen LogP contribution is -2.31. The van der Waals surface area contributed by atoms with Crippen molar-refractivity contribution in [2.24, 2.45) is 0 Å². The summed E-state index contributed by atoms with van der Waals surface area (Å²) in [5.74, 6) is 0.604. The number of halogens is 1. The van der Waals surface area contributed by atoms with Crippen molar-refractivity contribution in [1.82, 2.24) is 4.90 Å². The van der Waals surface area contributed by atoms with Crippen molar-refractivity contribution in [3.05, 3.63) is 59.1 Å². The quantitative estimate of drug-likeness (QED) is 0.864. The van der Waals surface area contributed by atoms with Crippen LogP contribution in [0.25, 0.3) is 0 Å².